The van der Waals surface area contributed by atoms with Gasteiger partial charge >= 0.3 is 0 Å². The van der Waals surface area contributed by atoms with Gasteiger partial charge in [-0.2, -0.15) is 0 Å². The molecule has 0 saturated heterocycles. The highest BCUT2D eigenvalue weighted by atomic mass is 16.5. The molecule has 3 heteroatoms. The van der Waals surface area contributed by atoms with Crippen LogP contribution < -0.4 is 4.74 Å². The molecule has 0 aliphatic heterocycles. The number of Topliss-reactive ketones (excluding diaryl/α,β-unsaturated/α-hetero) is 1. The summed E-state index contributed by atoms with van der Waals surface area (Å²) in [5.74, 6) is 2.08. The van der Waals surface area contributed by atoms with Crippen LogP contribution >= 0.6 is 0 Å². The van der Waals surface area contributed by atoms with Crippen LogP contribution in [0.2, 0.25) is 0 Å². The topological polar surface area (TPSA) is 29.5 Å². The maximum Gasteiger partial charge on any atom is 0.132 e. The molecule has 1 aromatic rings. The van der Waals surface area contributed by atoms with E-state index in [9.17, 15) is 4.79 Å². The van der Waals surface area contributed by atoms with Gasteiger partial charge in [0.2, 0.25) is 0 Å². The van der Waals surface area contributed by atoms with Crippen LogP contribution in [0.3, 0.4) is 0 Å². The van der Waals surface area contributed by atoms with Gasteiger partial charge in [-0.3, -0.25) is 4.79 Å². The molecule has 3 nitrogen and oxygen atoms in total. The summed E-state index contributed by atoms with van der Waals surface area (Å²) in [6.45, 7) is 3.82. The van der Waals surface area contributed by atoms with Crippen LogP contribution in [-0.4, -0.2) is 36.9 Å². The Morgan fingerprint density at radius 2 is 1.93 bits per heavy atom. The second kappa shape index (κ2) is 8.02. The molecule has 0 heterocycles. The number of benzene rings is 1. The van der Waals surface area contributed by atoms with Gasteiger partial charge in [0.05, 0.1) is 6.10 Å². The molecule has 0 N–H and O–H groups in total. The Bertz CT molecular complexity index is 771. The lowest BCUT2D eigenvalue weighted by Crippen LogP contribution is -2.35. The van der Waals surface area contributed by atoms with Gasteiger partial charge in [0, 0.05) is 17.5 Å². The molecule has 0 spiro atoms. The second-order valence-electron chi connectivity index (χ2n) is 9.48. The van der Waals surface area contributed by atoms with Crippen LogP contribution in [0.15, 0.2) is 23.8 Å². The maximum atomic E-state index is 11.8. The third-order valence-electron chi connectivity index (χ3n) is 7.37. The minimum absolute atomic E-state index is 0.148. The van der Waals surface area contributed by atoms with E-state index in [-0.39, 0.29) is 5.92 Å². The lowest BCUT2D eigenvalue weighted by atomic mass is 9.85. The summed E-state index contributed by atoms with van der Waals surface area (Å²) >= 11 is 0. The largest absolute Gasteiger partial charge is 0.490 e. The molecule has 2 atom stereocenters. The average Bonchev–Trinajstić information content (AvgIpc) is 3.22. The molecule has 1 aromatic carbocycles. The summed E-state index contributed by atoms with van der Waals surface area (Å²) in [6, 6.07) is 7.31. The Kier molecular flexibility index (Phi) is 5.64. The molecule has 1 fully saturated rings. The molecule has 3 aliphatic carbocycles. The molecule has 0 radical (unpaired) electrons. The minimum atomic E-state index is 0.148. The third-order valence-corrected chi connectivity index (χ3v) is 7.37. The molecule has 0 amide bonds. The Morgan fingerprint density at radius 3 is 2.61 bits per heavy atom. The highest BCUT2D eigenvalue weighted by molar-refractivity contribution is 5.84. The number of ether oxygens (including phenoxy) is 1. The van der Waals surface area contributed by atoms with Gasteiger partial charge in [-0.1, -0.05) is 24.6 Å². The Balaban J connectivity index is 1.52. The zero-order valence-electron chi connectivity index (χ0n) is 18.0. The lowest BCUT2D eigenvalue weighted by molar-refractivity contribution is -0.120. The number of rotatable bonds is 6. The van der Waals surface area contributed by atoms with E-state index < -0.39 is 0 Å². The summed E-state index contributed by atoms with van der Waals surface area (Å²) in [6.07, 6.45) is 9.51. The summed E-state index contributed by atoms with van der Waals surface area (Å²) in [5.41, 5.74) is 5.94. The SMILES string of the molecule is CC(=O)C(C)C[C@H]1CCC2=C1c1c(cccc1O[C@H]1CC[C@H](N(C)C)CC1)C2. The van der Waals surface area contributed by atoms with Gasteiger partial charge in [0.25, 0.3) is 0 Å². The number of hydrogen-bond acceptors (Lipinski definition) is 3. The molecule has 28 heavy (non-hydrogen) atoms. The van der Waals surface area contributed by atoms with E-state index >= 15 is 0 Å². The summed E-state index contributed by atoms with van der Waals surface area (Å²) in [4.78, 5) is 14.2. The first-order valence-corrected chi connectivity index (χ1v) is 11.1. The van der Waals surface area contributed by atoms with E-state index in [1.54, 1.807) is 12.5 Å². The molecule has 1 saturated carbocycles. The number of fused-ring (bicyclic) bond motifs is 2. The quantitative estimate of drug-likeness (QED) is 0.672. The first-order chi connectivity index (χ1) is 13.4. The predicted octanol–water partition coefficient (Wildman–Crippen LogP) is 5.27. The van der Waals surface area contributed by atoms with E-state index in [2.05, 4.69) is 44.1 Å². The number of carbonyl (C=O) groups excluding carboxylic acids is 1. The molecule has 1 unspecified atom stereocenters. The third kappa shape index (κ3) is 3.78. The average molecular weight is 382 g/mol. The van der Waals surface area contributed by atoms with E-state index in [0.717, 1.165) is 31.4 Å². The van der Waals surface area contributed by atoms with Crippen LogP contribution in [-0.2, 0) is 11.2 Å². The number of nitrogens with zero attached hydrogens (tertiary/aromatic N) is 1. The van der Waals surface area contributed by atoms with Crippen molar-refractivity contribution < 1.29 is 9.53 Å². The molecule has 3 aliphatic rings. The first kappa shape index (κ1) is 19.7. The molecule has 152 valence electrons. The summed E-state index contributed by atoms with van der Waals surface area (Å²) in [5, 5.41) is 0. The fraction of sp³-hybridized carbons (Fsp3) is 0.640. The Labute approximate surface area is 170 Å². The van der Waals surface area contributed by atoms with Crippen molar-refractivity contribution >= 4 is 11.4 Å². The van der Waals surface area contributed by atoms with Crippen molar-refractivity contribution in [3.63, 3.8) is 0 Å². The van der Waals surface area contributed by atoms with Gasteiger partial charge in [-0.25, -0.2) is 0 Å². The Hall–Kier alpha value is -1.61. The van der Waals surface area contributed by atoms with Crippen LogP contribution in [0.5, 0.6) is 5.75 Å². The van der Waals surface area contributed by atoms with E-state index in [1.165, 1.54) is 42.4 Å². The van der Waals surface area contributed by atoms with Crippen LogP contribution in [0.1, 0.15) is 69.9 Å². The normalized spacial score (nSPS) is 27.7. The van der Waals surface area contributed by atoms with Gasteiger partial charge in [0.15, 0.2) is 0 Å². The molecule has 0 bridgehead atoms. The van der Waals surface area contributed by atoms with Gasteiger partial charge in [-0.15, -0.1) is 0 Å². The number of hydrogen-bond donors (Lipinski definition) is 0. The smallest absolute Gasteiger partial charge is 0.132 e. The van der Waals surface area contributed by atoms with Crippen molar-refractivity contribution in [1.29, 1.82) is 0 Å². The zero-order valence-corrected chi connectivity index (χ0v) is 18.0. The summed E-state index contributed by atoms with van der Waals surface area (Å²) < 4.78 is 6.62. The second-order valence-corrected chi connectivity index (χ2v) is 9.48. The number of allylic oxidation sites excluding steroid dienone is 2. The van der Waals surface area contributed by atoms with E-state index in [4.69, 9.17) is 4.74 Å². The van der Waals surface area contributed by atoms with Crippen LogP contribution in [0.4, 0.5) is 0 Å². The molecule has 0 aromatic heterocycles. The number of ketones is 1. The van der Waals surface area contributed by atoms with Crippen molar-refractivity contribution in [2.75, 3.05) is 14.1 Å². The lowest BCUT2D eigenvalue weighted by Gasteiger charge is -2.33. The zero-order chi connectivity index (χ0) is 19.8. The Morgan fingerprint density at radius 1 is 1.18 bits per heavy atom. The van der Waals surface area contributed by atoms with Gasteiger partial charge in [0.1, 0.15) is 11.5 Å². The van der Waals surface area contributed by atoms with Crippen molar-refractivity contribution in [2.24, 2.45) is 11.8 Å². The van der Waals surface area contributed by atoms with Gasteiger partial charge < -0.3 is 9.64 Å². The van der Waals surface area contributed by atoms with Crippen molar-refractivity contribution in [3.8, 4) is 5.75 Å². The predicted molar refractivity (Wildman–Crippen MR) is 115 cm³/mol. The monoisotopic (exact) mass is 381 g/mol. The van der Waals surface area contributed by atoms with Crippen molar-refractivity contribution in [1.82, 2.24) is 4.90 Å². The van der Waals surface area contributed by atoms with Crippen molar-refractivity contribution in [3.05, 3.63) is 34.9 Å². The van der Waals surface area contributed by atoms with Gasteiger partial charge in [-0.05, 0) is 95.5 Å². The first-order valence-electron chi connectivity index (χ1n) is 11.1. The molecular weight excluding hydrogens is 346 g/mol. The fourth-order valence-corrected chi connectivity index (χ4v) is 5.53. The maximum absolute atomic E-state index is 11.8. The molecule has 4 rings (SSSR count). The summed E-state index contributed by atoms with van der Waals surface area (Å²) in [7, 11) is 4.37. The molecular formula is C25H35NO2. The number of carbonyl (C=O) groups is 1. The fourth-order valence-electron chi connectivity index (χ4n) is 5.53. The van der Waals surface area contributed by atoms with E-state index in [0.29, 0.717) is 23.8 Å². The van der Waals surface area contributed by atoms with Crippen LogP contribution in [0.25, 0.3) is 5.57 Å². The van der Waals surface area contributed by atoms with E-state index in [1.807, 2.05) is 0 Å². The van der Waals surface area contributed by atoms with Crippen molar-refractivity contribution in [2.45, 2.75) is 77.4 Å². The minimum Gasteiger partial charge on any atom is -0.490 e. The highest BCUT2D eigenvalue weighted by Gasteiger charge is 2.36. The van der Waals surface area contributed by atoms with Crippen LogP contribution in [0, 0.1) is 11.8 Å². The standard InChI is InChI=1S/C25H35NO2/c1-16(17(2)27)14-19-8-9-20-15-18-6-5-7-23(25(18)24(19)20)28-22-12-10-21(11-13-22)26(3)4/h5-7,16,19,21-22H,8-15H2,1-4H3/t16?,19-,21-,22-/m1/s1. The highest BCUT2D eigenvalue weighted by Crippen LogP contribution is 2.51.